The van der Waals surface area contributed by atoms with Gasteiger partial charge in [-0.05, 0) is 61.4 Å². The van der Waals surface area contributed by atoms with Gasteiger partial charge in [0, 0.05) is 17.1 Å². The molecule has 1 aliphatic heterocycles. The van der Waals surface area contributed by atoms with Crippen molar-refractivity contribution in [1.82, 2.24) is 14.8 Å². The van der Waals surface area contributed by atoms with Crippen LogP contribution in [0.4, 0.5) is 4.79 Å². The molecule has 1 N–H and O–H groups in total. The molecule has 34 heavy (non-hydrogen) atoms. The second kappa shape index (κ2) is 9.19. The highest BCUT2D eigenvalue weighted by Gasteiger charge is 2.35. The molecule has 3 aromatic rings. The van der Waals surface area contributed by atoms with E-state index in [1.54, 1.807) is 36.4 Å². The fraction of sp³-hybridized carbons (Fsp3) is 0.154. The van der Waals surface area contributed by atoms with Gasteiger partial charge in [-0.1, -0.05) is 30.3 Å². The molecule has 0 spiro atoms. The number of rotatable bonds is 5. The molecule has 1 aliphatic rings. The predicted molar refractivity (Wildman–Crippen MR) is 125 cm³/mol. The molecule has 1 fully saturated rings. The summed E-state index contributed by atoms with van der Waals surface area (Å²) in [6.07, 6.45) is 1.50. The average molecular weight is 457 g/mol. The lowest BCUT2D eigenvalue weighted by Gasteiger charge is -2.26. The maximum absolute atomic E-state index is 13.1. The van der Waals surface area contributed by atoms with Crippen molar-refractivity contribution in [1.29, 1.82) is 0 Å². The van der Waals surface area contributed by atoms with Crippen LogP contribution in [-0.2, 0) is 20.9 Å². The van der Waals surface area contributed by atoms with Crippen molar-refractivity contribution in [2.75, 3.05) is 7.11 Å². The van der Waals surface area contributed by atoms with E-state index in [1.807, 2.05) is 42.7 Å². The number of barbiturate groups is 1. The van der Waals surface area contributed by atoms with Crippen molar-refractivity contribution in [3.05, 3.63) is 94.3 Å². The number of methoxy groups -OCH3 is 1. The Morgan fingerprint density at radius 1 is 1.00 bits per heavy atom. The fourth-order valence-corrected chi connectivity index (χ4v) is 3.95. The molecule has 0 saturated carbocycles. The van der Waals surface area contributed by atoms with Gasteiger partial charge in [-0.25, -0.2) is 9.59 Å². The summed E-state index contributed by atoms with van der Waals surface area (Å²) in [5.74, 6) is -1.80. The first kappa shape index (κ1) is 22.7. The summed E-state index contributed by atoms with van der Waals surface area (Å²) in [6.45, 7) is 3.82. The molecule has 8 nitrogen and oxygen atoms in total. The van der Waals surface area contributed by atoms with Gasteiger partial charge in [0.05, 0.1) is 19.2 Å². The number of benzene rings is 2. The number of carbonyl (C=O) groups is 4. The number of ether oxygens (including phenoxy) is 1. The summed E-state index contributed by atoms with van der Waals surface area (Å²) in [6, 6.07) is 17.1. The third-order valence-corrected chi connectivity index (χ3v) is 5.69. The van der Waals surface area contributed by atoms with Gasteiger partial charge in [0.25, 0.3) is 11.8 Å². The second-order valence-corrected chi connectivity index (χ2v) is 7.89. The van der Waals surface area contributed by atoms with Gasteiger partial charge in [-0.15, -0.1) is 0 Å². The van der Waals surface area contributed by atoms with Crippen LogP contribution in [0.1, 0.15) is 32.9 Å². The van der Waals surface area contributed by atoms with E-state index in [0.717, 1.165) is 27.5 Å². The first-order valence-corrected chi connectivity index (χ1v) is 10.6. The molecule has 8 heteroatoms. The minimum absolute atomic E-state index is 0.0572. The molecular formula is C26H23N3O5. The van der Waals surface area contributed by atoms with Crippen LogP contribution >= 0.6 is 0 Å². The zero-order valence-electron chi connectivity index (χ0n) is 19.0. The molecule has 0 bridgehead atoms. The lowest BCUT2D eigenvalue weighted by atomic mass is 10.1. The summed E-state index contributed by atoms with van der Waals surface area (Å²) in [4.78, 5) is 50.7. The predicted octanol–water partition coefficient (Wildman–Crippen LogP) is 3.54. The Balaban J connectivity index is 1.67. The molecule has 0 atom stereocenters. The van der Waals surface area contributed by atoms with Crippen molar-refractivity contribution in [2.24, 2.45) is 0 Å². The van der Waals surface area contributed by atoms with Crippen LogP contribution in [0.3, 0.4) is 0 Å². The quantitative estimate of drug-likeness (QED) is 0.359. The van der Waals surface area contributed by atoms with Gasteiger partial charge in [0.15, 0.2) is 0 Å². The molecule has 0 unspecified atom stereocenters. The van der Waals surface area contributed by atoms with Crippen LogP contribution in [0.2, 0.25) is 0 Å². The van der Waals surface area contributed by atoms with Crippen LogP contribution < -0.4 is 5.32 Å². The molecule has 1 saturated heterocycles. The SMILES string of the molecule is COC(=O)c1ccc(-n2c(C)cc(/C=C3\C(=O)NC(=O)N(Cc4ccccc4)C3=O)c2C)cc1. The standard InChI is InChI=1S/C26H23N3O5/c1-16-13-20(17(2)29(16)21-11-9-19(10-12-21)25(32)34-3)14-22-23(30)27-26(33)28(24(22)31)15-18-7-5-4-6-8-18/h4-14H,15H2,1-3H3,(H,27,30,33)/b22-14+. The Labute approximate surface area is 196 Å². The van der Waals surface area contributed by atoms with Gasteiger partial charge >= 0.3 is 12.0 Å². The third-order valence-electron chi connectivity index (χ3n) is 5.69. The van der Waals surface area contributed by atoms with E-state index in [-0.39, 0.29) is 12.1 Å². The Hall–Kier alpha value is -4.46. The summed E-state index contributed by atoms with van der Waals surface area (Å²) < 4.78 is 6.69. The number of imide groups is 2. The van der Waals surface area contributed by atoms with E-state index in [2.05, 4.69) is 5.32 Å². The van der Waals surface area contributed by atoms with Crippen molar-refractivity contribution >= 4 is 29.9 Å². The number of nitrogens with one attached hydrogen (secondary N) is 1. The van der Waals surface area contributed by atoms with E-state index in [4.69, 9.17) is 4.74 Å². The molecule has 1 aromatic heterocycles. The number of aryl methyl sites for hydroxylation is 1. The normalized spacial score (nSPS) is 15.0. The number of hydrogen-bond donors (Lipinski definition) is 1. The Morgan fingerprint density at radius 3 is 2.32 bits per heavy atom. The fourth-order valence-electron chi connectivity index (χ4n) is 3.95. The maximum Gasteiger partial charge on any atom is 0.337 e. The molecule has 172 valence electrons. The topological polar surface area (TPSA) is 97.7 Å². The Morgan fingerprint density at radius 2 is 1.68 bits per heavy atom. The van der Waals surface area contributed by atoms with Crippen molar-refractivity contribution in [2.45, 2.75) is 20.4 Å². The first-order valence-electron chi connectivity index (χ1n) is 10.6. The summed E-state index contributed by atoms with van der Waals surface area (Å²) in [5, 5.41) is 2.25. The van der Waals surface area contributed by atoms with Gasteiger partial charge < -0.3 is 9.30 Å². The zero-order chi connectivity index (χ0) is 24.4. The number of hydrogen-bond acceptors (Lipinski definition) is 5. The maximum atomic E-state index is 13.1. The number of carbonyl (C=O) groups excluding carboxylic acids is 4. The molecule has 0 aliphatic carbocycles. The van der Waals surface area contributed by atoms with E-state index in [0.29, 0.717) is 11.1 Å². The third kappa shape index (κ3) is 4.25. The van der Waals surface area contributed by atoms with E-state index in [9.17, 15) is 19.2 Å². The first-order chi connectivity index (χ1) is 16.3. The summed E-state index contributed by atoms with van der Waals surface area (Å²) in [7, 11) is 1.33. The largest absolute Gasteiger partial charge is 0.465 e. The number of aromatic nitrogens is 1. The molecular weight excluding hydrogens is 434 g/mol. The zero-order valence-corrected chi connectivity index (χ0v) is 19.0. The second-order valence-electron chi connectivity index (χ2n) is 7.89. The molecule has 4 amide bonds. The minimum Gasteiger partial charge on any atom is -0.465 e. The number of esters is 1. The number of nitrogens with zero attached hydrogens (tertiary/aromatic N) is 2. The van der Waals surface area contributed by atoms with Crippen LogP contribution in [0.5, 0.6) is 0 Å². The van der Waals surface area contributed by atoms with E-state index >= 15 is 0 Å². The van der Waals surface area contributed by atoms with E-state index < -0.39 is 23.8 Å². The van der Waals surface area contributed by atoms with Crippen molar-refractivity contribution in [3.63, 3.8) is 0 Å². The number of amides is 4. The highest BCUT2D eigenvalue weighted by molar-refractivity contribution is 6.31. The van der Waals surface area contributed by atoms with Gasteiger partial charge in [0.2, 0.25) is 0 Å². The lowest BCUT2D eigenvalue weighted by Crippen LogP contribution is -2.53. The highest BCUT2D eigenvalue weighted by atomic mass is 16.5. The van der Waals surface area contributed by atoms with Gasteiger partial charge in [-0.3, -0.25) is 19.8 Å². The van der Waals surface area contributed by atoms with Crippen molar-refractivity contribution < 1.29 is 23.9 Å². The van der Waals surface area contributed by atoms with Crippen LogP contribution in [0.25, 0.3) is 11.8 Å². The lowest BCUT2D eigenvalue weighted by molar-refractivity contribution is -0.130. The highest BCUT2D eigenvalue weighted by Crippen LogP contribution is 2.25. The minimum atomic E-state index is -0.743. The van der Waals surface area contributed by atoms with Crippen LogP contribution in [0, 0.1) is 13.8 Å². The van der Waals surface area contributed by atoms with E-state index in [1.165, 1.54) is 13.2 Å². The monoisotopic (exact) mass is 457 g/mol. The Bertz CT molecular complexity index is 1320. The molecule has 2 heterocycles. The molecule has 2 aromatic carbocycles. The number of urea groups is 1. The average Bonchev–Trinajstić information content (AvgIpc) is 3.12. The summed E-state index contributed by atoms with van der Waals surface area (Å²) >= 11 is 0. The van der Waals surface area contributed by atoms with Gasteiger partial charge in [0.1, 0.15) is 5.57 Å². The van der Waals surface area contributed by atoms with Gasteiger partial charge in [-0.2, -0.15) is 0 Å². The molecule has 4 rings (SSSR count). The van der Waals surface area contributed by atoms with Crippen LogP contribution in [-0.4, -0.2) is 40.4 Å². The van der Waals surface area contributed by atoms with Crippen LogP contribution in [0.15, 0.2) is 66.2 Å². The smallest absolute Gasteiger partial charge is 0.337 e. The Kier molecular flexibility index (Phi) is 6.14. The molecule has 0 radical (unpaired) electrons. The summed E-state index contributed by atoms with van der Waals surface area (Å²) in [5.41, 5.74) is 4.24. The van der Waals surface area contributed by atoms with Crippen molar-refractivity contribution in [3.8, 4) is 5.69 Å².